The third kappa shape index (κ3) is 4.29. The van der Waals surface area contributed by atoms with Gasteiger partial charge in [-0.2, -0.15) is 0 Å². The molecule has 8 aromatic carbocycles. The summed E-state index contributed by atoms with van der Waals surface area (Å²) in [6, 6.07) is 20.5. The van der Waals surface area contributed by atoms with Crippen molar-refractivity contribution < 1.29 is 20.6 Å². The molecule has 3 aromatic heterocycles. The van der Waals surface area contributed by atoms with E-state index in [0.717, 1.165) is 41.6 Å². The van der Waals surface area contributed by atoms with Crippen LogP contribution in [0, 0.1) is 0 Å². The minimum atomic E-state index is -0.697. The van der Waals surface area contributed by atoms with Gasteiger partial charge in [0.2, 0.25) is 0 Å². The smallest absolute Gasteiger partial charge is 0.0667 e. The molecule has 0 fully saturated rings. The Bertz CT molecular complexity index is 3930. The normalized spacial score (nSPS) is 16.0. The number of thiophene rings is 1. The number of aromatic nitrogens is 2. The second-order valence-electron chi connectivity index (χ2n) is 12.2. The highest BCUT2D eigenvalue weighted by Crippen LogP contribution is 2.43. The van der Waals surface area contributed by atoms with Crippen molar-refractivity contribution in [3.63, 3.8) is 0 Å². The largest absolute Gasteiger partial charge is 0.309 e. The molecule has 0 spiro atoms. The molecule has 0 aliphatic rings. The van der Waals surface area contributed by atoms with Crippen LogP contribution < -0.4 is 0 Å². The van der Waals surface area contributed by atoms with Crippen molar-refractivity contribution in [2.24, 2.45) is 0 Å². The van der Waals surface area contributed by atoms with E-state index in [2.05, 4.69) is 6.07 Å². The van der Waals surface area contributed by atoms with E-state index < -0.39 is 96.3 Å². The van der Waals surface area contributed by atoms with E-state index in [1.165, 1.54) is 15.9 Å². The van der Waals surface area contributed by atoms with E-state index in [1.807, 2.05) is 72.8 Å². The van der Waals surface area contributed by atoms with Crippen LogP contribution in [0.25, 0.3) is 97.4 Å². The fraction of sp³-hybridized carbons (Fsp3) is 0. The first-order valence-electron chi connectivity index (χ1n) is 23.7. The van der Waals surface area contributed by atoms with E-state index in [9.17, 15) is 6.85 Å². The summed E-state index contributed by atoms with van der Waals surface area (Å²) in [5.41, 5.74) is 2.98. The summed E-state index contributed by atoms with van der Waals surface area (Å²) in [6.07, 6.45) is 0. The first kappa shape index (κ1) is 17.5. The van der Waals surface area contributed by atoms with Crippen LogP contribution in [0.2, 0.25) is 0 Å². The lowest BCUT2D eigenvalue weighted by Crippen LogP contribution is -1.97. The molecule has 0 amide bonds. The van der Waals surface area contributed by atoms with Crippen molar-refractivity contribution in [3.05, 3.63) is 182 Å². The predicted molar refractivity (Wildman–Crippen MR) is 219 cm³/mol. The fourth-order valence-electron chi connectivity index (χ4n) is 7.18. The minimum Gasteiger partial charge on any atom is -0.309 e. The van der Waals surface area contributed by atoms with Gasteiger partial charge in [-0.3, -0.25) is 0 Å². The van der Waals surface area contributed by atoms with Crippen LogP contribution in [-0.2, 0) is 0 Å². The average molecular weight is 682 g/mol. The van der Waals surface area contributed by atoms with Crippen molar-refractivity contribution in [2.45, 2.75) is 0 Å². The third-order valence-electron chi connectivity index (χ3n) is 9.42. The summed E-state index contributed by atoms with van der Waals surface area (Å²) < 4.78 is 140. The number of benzene rings is 8. The Morgan fingerprint density at radius 1 is 0.412 bits per heavy atom. The molecule has 0 N–H and O–H groups in total. The van der Waals surface area contributed by atoms with Gasteiger partial charge < -0.3 is 9.13 Å². The number of hydrogen-bond donors (Lipinski definition) is 0. The summed E-state index contributed by atoms with van der Waals surface area (Å²) in [4.78, 5) is 0. The summed E-state index contributed by atoms with van der Waals surface area (Å²) in [7, 11) is 0. The van der Waals surface area contributed by atoms with Crippen LogP contribution in [0.1, 0.15) is 20.6 Å². The van der Waals surface area contributed by atoms with Crippen LogP contribution in [0.15, 0.2) is 182 Å². The second-order valence-corrected chi connectivity index (χ2v) is 13.3. The zero-order valence-electron chi connectivity index (χ0n) is 41.5. The monoisotopic (exact) mass is 681 g/mol. The molecule has 11 aromatic rings. The Kier molecular flexibility index (Phi) is 3.79. The van der Waals surface area contributed by atoms with Gasteiger partial charge in [-0.1, -0.05) is 121 Å². The Morgan fingerprint density at radius 3 is 1.73 bits per heavy atom. The quantitative estimate of drug-likeness (QED) is 0.175. The summed E-state index contributed by atoms with van der Waals surface area (Å²) in [5.74, 6) is 0. The molecular weight excluding hydrogens is 637 g/mol. The standard InChI is InChI=1S/C48H30N2S/c1-2-12-31(13-3-1)32-14-10-15-33(28-32)34-24-27-46-40(29-34)48-44(22-11-23-47(48)51-46)50-43-21-9-6-18-38(43)39-26-25-35(30-45(39)50)49-41-19-7-4-16-36(41)37-17-5-8-20-42(37)49/h1-30H/i4D,5D,6D,7D,8D,9D,16D,17D,18D,19D,20D,21D,25D,26D,30D. The van der Waals surface area contributed by atoms with E-state index in [0.29, 0.717) is 11.1 Å². The van der Waals surface area contributed by atoms with E-state index in [1.54, 1.807) is 12.1 Å². The molecule has 0 radical (unpaired) electrons. The zero-order chi connectivity index (χ0) is 46.5. The zero-order valence-corrected chi connectivity index (χ0v) is 27.3. The number of hydrogen-bond acceptors (Lipinski definition) is 1. The van der Waals surface area contributed by atoms with Crippen LogP contribution in [0.5, 0.6) is 0 Å². The molecule has 3 heteroatoms. The highest BCUT2D eigenvalue weighted by atomic mass is 32.1. The van der Waals surface area contributed by atoms with Crippen LogP contribution in [0.4, 0.5) is 0 Å². The van der Waals surface area contributed by atoms with Gasteiger partial charge in [-0.25, -0.2) is 0 Å². The molecule has 51 heavy (non-hydrogen) atoms. The molecule has 0 aliphatic heterocycles. The number of fused-ring (bicyclic) bond motifs is 9. The Hall–Kier alpha value is -6.42. The third-order valence-corrected chi connectivity index (χ3v) is 10.6. The van der Waals surface area contributed by atoms with Crippen molar-refractivity contribution in [3.8, 4) is 33.6 Å². The van der Waals surface area contributed by atoms with E-state index in [-0.39, 0.29) is 43.6 Å². The molecule has 0 aliphatic carbocycles. The molecule has 0 saturated carbocycles. The maximum atomic E-state index is 10.1. The summed E-state index contributed by atoms with van der Waals surface area (Å²) in [6.45, 7) is 0. The first-order valence-corrected chi connectivity index (χ1v) is 17.0. The van der Waals surface area contributed by atoms with Crippen LogP contribution >= 0.6 is 11.3 Å². The molecule has 0 unspecified atom stereocenters. The highest BCUT2D eigenvalue weighted by molar-refractivity contribution is 7.25. The number of para-hydroxylation sites is 3. The molecule has 11 rings (SSSR count). The minimum absolute atomic E-state index is 0.0702. The predicted octanol–water partition coefficient (Wildman–Crippen LogP) is 13.6. The topological polar surface area (TPSA) is 9.86 Å². The molecule has 3 heterocycles. The van der Waals surface area contributed by atoms with E-state index in [4.69, 9.17) is 13.7 Å². The SMILES string of the molecule is [2H]c1c([2H])c([2H])c2c(c1[2H])c1c([2H])c([2H])c([2H])c([2H])c1n2-c1c([2H])c([2H])c2c3c([2H])c([2H])c([2H])c([2H])c3n(-c3cccc4sc5ccc(-c6cccc(-c7ccccc7)c6)cc5c34)c2c1[2H]. The molecule has 2 nitrogen and oxygen atoms in total. The Morgan fingerprint density at radius 2 is 1.00 bits per heavy atom. The molecule has 0 atom stereocenters. The van der Waals surface area contributed by atoms with Gasteiger partial charge in [-0.15, -0.1) is 11.3 Å². The second kappa shape index (κ2) is 11.0. The Labute approximate surface area is 319 Å². The fourth-order valence-corrected chi connectivity index (χ4v) is 8.29. The van der Waals surface area contributed by atoms with Crippen molar-refractivity contribution >= 4 is 75.1 Å². The van der Waals surface area contributed by atoms with Crippen molar-refractivity contribution in [1.82, 2.24) is 9.13 Å². The van der Waals surface area contributed by atoms with Gasteiger partial charge in [0.05, 0.1) is 48.3 Å². The highest BCUT2D eigenvalue weighted by Gasteiger charge is 2.19. The maximum absolute atomic E-state index is 10.1. The molecule has 0 bridgehead atoms. The van der Waals surface area contributed by atoms with Crippen molar-refractivity contribution in [1.29, 1.82) is 0 Å². The number of rotatable bonds is 4. The lowest BCUT2D eigenvalue weighted by Gasteiger charge is -2.13. The molecular formula is C48H30N2S. The lowest BCUT2D eigenvalue weighted by molar-refractivity contribution is 1.16. The number of nitrogens with zero attached hydrogens (tertiary/aromatic N) is 2. The lowest BCUT2D eigenvalue weighted by atomic mass is 9.98. The van der Waals surface area contributed by atoms with Gasteiger partial charge in [-0.05, 0) is 82.8 Å². The first-order chi connectivity index (χ1) is 31.5. The van der Waals surface area contributed by atoms with Crippen LogP contribution in [-0.4, -0.2) is 9.13 Å². The summed E-state index contributed by atoms with van der Waals surface area (Å²) in [5, 5.41) is 0.674. The maximum Gasteiger partial charge on any atom is 0.0667 e. The molecule has 238 valence electrons. The van der Waals surface area contributed by atoms with Gasteiger partial charge >= 0.3 is 0 Å². The van der Waals surface area contributed by atoms with E-state index >= 15 is 0 Å². The van der Waals surface area contributed by atoms with Gasteiger partial charge in [0.15, 0.2) is 0 Å². The van der Waals surface area contributed by atoms with Crippen molar-refractivity contribution in [2.75, 3.05) is 0 Å². The Balaban J connectivity index is 1.31. The van der Waals surface area contributed by atoms with Gasteiger partial charge in [0.1, 0.15) is 0 Å². The average Bonchev–Trinajstić information content (AvgIpc) is 4.01. The summed E-state index contributed by atoms with van der Waals surface area (Å²) >= 11 is 1.50. The van der Waals surface area contributed by atoms with Gasteiger partial charge in [0, 0.05) is 47.4 Å². The molecule has 0 saturated heterocycles. The van der Waals surface area contributed by atoms with Crippen LogP contribution in [0.3, 0.4) is 0 Å². The van der Waals surface area contributed by atoms with Gasteiger partial charge in [0.25, 0.3) is 0 Å².